The van der Waals surface area contributed by atoms with Crippen molar-refractivity contribution in [1.29, 1.82) is 0 Å². The Balaban J connectivity index is 2.07. The van der Waals surface area contributed by atoms with Crippen LogP contribution < -0.4 is 10.1 Å². The van der Waals surface area contributed by atoms with Crippen LogP contribution in [0, 0.1) is 0 Å². The normalized spacial score (nSPS) is 10.1. The van der Waals surface area contributed by atoms with Crippen LogP contribution in [0.4, 0.5) is 5.69 Å². The van der Waals surface area contributed by atoms with E-state index in [1.54, 1.807) is 24.3 Å². The summed E-state index contributed by atoms with van der Waals surface area (Å²) in [6.07, 6.45) is 1.23. The molecule has 122 valence electrons. The van der Waals surface area contributed by atoms with Crippen LogP contribution in [-0.4, -0.2) is 38.3 Å². The largest absolute Gasteiger partial charge is 0.491 e. The quantitative estimate of drug-likeness (QED) is 0.530. The van der Waals surface area contributed by atoms with Crippen molar-refractivity contribution in [2.45, 2.75) is 26.7 Å². The van der Waals surface area contributed by atoms with E-state index in [2.05, 4.69) is 5.32 Å². The van der Waals surface area contributed by atoms with Gasteiger partial charge in [0.2, 0.25) is 5.91 Å². The second kappa shape index (κ2) is 10.6. The summed E-state index contributed by atoms with van der Waals surface area (Å²) in [5, 5.41) is 2.68. The van der Waals surface area contributed by atoms with Crippen LogP contribution in [0.15, 0.2) is 24.3 Å². The zero-order valence-electron chi connectivity index (χ0n) is 13.1. The van der Waals surface area contributed by atoms with Gasteiger partial charge in [-0.1, -0.05) is 6.92 Å². The molecule has 0 unspecified atom stereocenters. The lowest BCUT2D eigenvalue weighted by atomic mass is 10.3. The van der Waals surface area contributed by atoms with Gasteiger partial charge in [-0.2, -0.15) is 0 Å². The van der Waals surface area contributed by atoms with E-state index >= 15 is 0 Å². The van der Waals surface area contributed by atoms with E-state index in [9.17, 15) is 9.59 Å². The van der Waals surface area contributed by atoms with Crippen molar-refractivity contribution in [1.82, 2.24) is 0 Å². The summed E-state index contributed by atoms with van der Waals surface area (Å²) in [6, 6.07) is 7.09. The lowest BCUT2D eigenvalue weighted by Crippen LogP contribution is -2.13. The number of hydrogen-bond donors (Lipinski definition) is 1. The van der Waals surface area contributed by atoms with Gasteiger partial charge < -0.3 is 19.5 Å². The molecular weight excluding hydrogens is 286 g/mol. The van der Waals surface area contributed by atoms with Gasteiger partial charge in [0.05, 0.1) is 13.2 Å². The Bertz CT molecular complexity index is 458. The molecule has 0 saturated carbocycles. The van der Waals surface area contributed by atoms with E-state index in [-0.39, 0.29) is 18.5 Å². The van der Waals surface area contributed by atoms with Gasteiger partial charge in [0.25, 0.3) is 0 Å². The Kier molecular flexibility index (Phi) is 8.67. The maximum Gasteiger partial charge on any atom is 0.305 e. The average molecular weight is 309 g/mol. The molecule has 22 heavy (non-hydrogen) atoms. The first-order chi connectivity index (χ1) is 10.6. The van der Waals surface area contributed by atoms with E-state index < -0.39 is 0 Å². The first-order valence-electron chi connectivity index (χ1n) is 7.35. The third kappa shape index (κ3) is 8.26. The molecule has 6 heteroatoms. The van der Waals surface area contributed by atoms with Crippen molar-refractivity contribution < 1.29 is 23.8 Å². The van der Waals surface area contributed by atoms with Gasteiger partial charge in [0, 0.05) is 19.0 Å². The fourth-order valence-electron chi connectivity index (χ4n) is 1.65. The van der Waals surface area contributed by atoms with Crippen molar-refractivity contribution in [2.75, 3.05) is 31.7 Å². The van der Waals surface area contributed by atoms with E-state index in [0.29, 0.717) is 32.0 Å². The molecule has 0 spiro atoms. The Morgan fingerprint density at radius 3 is 2.36 bits per heavy atom. The Labute approximate surface area is 130 Å². The molecule has 0 radical (unpaired) electrons. The molecule has 0 heterocycles. The molecule has 1 aromatic carbocycles. The van der Waals surface area contributed by atoms with Crippen LogP contribution in [0.3, 0.4) is 0 Å². The van der Waals surface area contributed by atoms with E-state index in [1.807, 2.05) is 6.92 Å². The first-order valence-corrected chi connectivity index (χ1v) is 7.35. The highest BCUT2D eigenvalue weighted by atomic mass is 16.6. The van der Waals surface area contributed by atoms with Crippen LogP contribution in [0.5, 0.6) is 5.75 Å². The maximum absolute atomic E-state index is 11.1. The molecule has 1 aromatic rings. The number of anilines is 1. The van der Waals surface area contributed by atoms with Crippen LogP contribution >= 0.6 is 0 Å². The molecule has 1 rings (SSSR count). The Hall–Kier alpha value is -2.08. The van der Waals surface area contributed by atoms with Crippen LogP contribution in [-0.2, 0) is 19.1 Å². The third-order valence-corrected chi connectivity index (χ3v) is 2.62. The number of rotatable bonds is 10. The molecule has 0 saturated heterocycles. The topological polar surface area (TPSA) is 73.9 Å². The van der Waals surface area contributed by atoms with Gasteiger partial charge in [-0.15, -0.1) is 0 Å². The second-order valence-electron chi connectivity index (χ2n) is 4.64. The summed E-state index contributed by atoms with van der Waals surface area (Å²) in [5.74, 6) is 0.399. The molecule has 1 N–H and O–H groups in total. The molecule has 1 amide bonds. The summed E-state index contributed by atoms with van der Waals surface area (Å²) in [5.41, 5.74) is 0.727. The number of benzene rings is 1. The van der Waals surface area contributed by atoms with Gasteiger partial charge in [-0.05, 0) is 30.7 Å². The molecule has 0 aliphatic rings. The van der Waals surface area contributed by atoms with Crippen molar-refractivity contribution in [2.24, 2.45) is 0 Å². The van der Waals surface area contributed by atoms with Gasteiger partial charge >= 0.3 is 5.97 Å². The zero-order valence-corrected chi connectivity index (χ0v) is 13.1. The smallest absolute Gasteiger partial charge is 0.305 e. The fraction of sp³-hybridized carbons (Fsp3) is 0.500. The van der Waals surface area contributed by atoms with Gasteiger partial charge in [0.15, 0.2) is 0 Å². The van der Waals surface area contributed by atoms with Gasteiger partial charge in [-0.25, -0.2) is 0 Å². The van der Waals surface area contributed by atoms with E-state index in [4.69, 9.17) is 14.2 Å². The predicted molar refractivity (Wildman–Crippen MR) is 82.9 cm³/mol. The molecule has 0 bridgehead atoms. The minimum Gasteiger partial charge on any atom is -0.491 e. The van der Waals surface area contributed by atoms with E-state index in [0.717, 1.165) is 12.1 Å². The predicted octanol–water partition coefficient (Wildman–Crippen LogP) is 2.38. The van der Waals surface area contributed by atoms with E-state index in [1.165, 1.54) is 6.92 Å². The summed E-state index contributed by atoms with van der Waals surface area (Å²) < 4.78 is 15.7. The number of carbonyl (C=O) groups is 2. The maximum atomic E-state index is 11.1. The van der Waals surface area contributed by atoms with Gasteiger partial charge in [0.1, 0.15) is 19.0 Å². The molecule has 0 atom stereocenters. The molecule has 0 aliphatic heterocycles. The minimum atomic E-state index is -0.193. The lowest BCUT2D eigenvalue weighted by molar-refractivity contribution is -0.145. The van der Waals surface area contributed by atoms with Crippen LogP contribution in [0.1, 0.15) is 26.7 Å². The Morgan fingerprint density at radius 1 is 1.05 bits per heavy atom. The standard InChI is InChI=1S/C16H23NO5/c1-3-4-16(19)22-12-10-20-9-11-21-15-7-5-14(6-8-15)17-13(2)18/h5-8H,3-4,9-12H2,1-2H3,(H,17,18). The monoisotopic (exact) mass is 309 g/mol. The number of carbonyl (C=O) groups excluding carboxylic acids is 2. The highest BCUT2D eigenvalue weighted by molar-refractivity contribution is 5.88. The van der Waals surface area contributed by atoms with Crippen molar-refractivity contribution in [3.05, 3.63) is 24.3 Å². The molecule has 6 nitrogen and oxygen atoms in total. The zero-order chi connectivity index (χ0) is 16.2. The highest BCUT2D eigenvalue weighted by Gasteiger charge is 2.00. The van der Waals surface area contributed by atoms with Gasteiger partial charge in [-0.3, -0.25) is 9.59 Å². The number of nitrogens with one attached hydrogen (secondary N) is 1. The number of amides is 1. The minimum absolute atomic E-state index is 0.110. The summed E-state index contributed by atoms with van der Waals surface area (Å²) in [6.45, 7) is 4.84. The molecule has 0 aliphatic carbocycles. The average Bonchev–Trinajstić information content (AvgIpc) is 2.47. The van der Waals surface area contributed by atoms with Crippen LogP contribution in [0.2, 0.25) is 0 Å². The van der Waals surface area contributed by atoms with Crippen molar-refractivity contribution >= 4 is 17.6 Å². The summed E-state index contributed by atoms with van der Waals surface area (Å²) in [7, 11) is 0. The summed E-state index contributed by atoms with van der Waals surface area (Å²) >= 11 is 0. The number of hydrogen-bond acceptors (Lipinski definition) is 5. The number of ether oxygens (including phenoxy) is 3. The summed E-state index contributed by atoms with van der Waals surface area (Å²) in [4.78, 5) is 22.0. The number of esters is 1. The lowest BCUT2D eigenvalue weighted by Gasteiger charge is -2.08. The first kappa shape index (κ1) is 18.0. The Morgan fingerprint density at radius 2 is 1.73 bits per heavy atom. The molecule has 0 aromatic heterocycles. The highest BCUT2D eigenvalue weighted by Crippen LogP contribution is 2.15. The van der Waals surface area contributed by atoms with Crippen LogP contribution in [0.25, 0.3) is 0 Å². The SMILES string of the molecule is CCCC(=O)OCCOCCOc1ccc(NC(C)=O)cc1. The molecular formula is C16H23NO5. The van der Waals surface area contributed by atoms with Crippen molar-refractivity contribution in [3.63, 3.8) is 0 Å². The third-order valence-electron chi connectivity index (χ3n) is 2.62. The fourth-order valence-corrected chi connectivity index (χ4v) is 1.65. The second-order valence-corrected chi connectivity index (χ2v) is 4.64. The van der Waals surface area contributed by atoms with Crippen molar-refractivity contribution in [3.8, 4) is 5.75 Å². The molecule has 0 fully saturated rings.